The second-order valence-electron chi connectivity index (χ2n) is 4.68. The molecule has 0 aromatic heterocycles. The first-order valence-electron chi connectivity index (χ1n) is 6.32. The molecule has 0 N–H and O–H groups in total. The van der Waals surface area contributed by atoms with E-state index < -0.39 is 11.9 Å². The van der Waals surface area contributed by atoms with Gasteiger partial charge in [0.25, 0.3) is 0 Å². The largest absolute Gasteiger partial charge is 0.468 e. The monoisotopic (exact) mass is 252 g/mol. The molecule has 0 spiro atoms. The molecule has 1 rings (SSSR count). The quantitative estimate of drug-likeness (QED) is 0.412. The molecule has 2 atom stereocenters. The molecule has 1 aliphatic carbocycles. The Kier molecular flexibility index (Phi) is 5.75. The maximum atomic E-state index is 11.4. The van der Waals surface area contributed by atoms with Crippen molar-refractivity contribution in [2.24, 2.45) is 11.8 Å². The Balaban J connectivity index is 2.39. The van der Waals surface area contributed by atoms with Crippen molar-refractivity contribution in [2.45, 2.75) is 39.0 Å². The average Bonchev–Trinajstić information content (AvgIpc) is 2.73. The number of hydrogen-bond donors (Lipinski definition) is 0. The molecular weight excluding hydrogens is 232 g/mol. The van der Waals surface area contributed by atoms with E-state index in [0.29, 0.717) is 25.0 Å². The van der Waals surface area contributed by atoms with Crippen molar-refractivity contribution in [3.05, 3.63) is 12.2 Å². The number of allylic oxidation sites excluding steroid dienone is 2. The predicted molar refractivity (Wildman–Crippen MR) is 66.9 cm³/mol. The third kappa shape index (κ3) is 4.09. The lowest BCUT2D eigenvalue weighted by atomic mass is 9.99. The van der Waals surface area contributed by atoms with E-state index in [0.717, 1.165) is 12.8 Å². The fraction of sp³-hybridized carbons (Fsp3) is 0.643. The van der Waals surface area contributed by atoms with Crippen LogP contribution in [0.2, 0.25) is 0 Å². The maximum absolute atomic E-state index is 11.4. The molecule has 1 fully saturated rings. The Bertz CT molecular complexity index is 357. The summed E-state index contributed by atoms with van der Waals surface area (Å²) in [7, 11) is 1.28. The smallest absolute Gasteiger partial charge is 0.316 e. The van der Waals surface area contributed by atoms with Crippen molar-refractivity contribution in [3.63, 3.8) is 0 Å². The molecule has 0 saturated heterocycles. The highest BCUT2D eigenvalue weighted by atomic mass is 16.5. The first-order valence-corrected chi connectivity index (χ1v) is 6.32. The van der Waals surface area contributed by atoms with E-state index in [1.165, 1.54) is 14.0 Å². The summed E-state index contributed by atoms with van der Waals surface area (Å²) in [5.41, 5.74) is 0. The van der Waals surface area contributed by atoms with Crippen LogP contribution in [0.15, 0.2) is 12.2 Å². The van der Waals surface area contributed by atoms with Crippen LogP contribution >= 0.6 is 0 Å². The van der Waals surface area contributed by atoms with Crippen LogP contribution in [-0.2, 0) is 19.1 Å². The number of rotatable bonds is 6. The third-order valence-corrected chi connectivity index (χ3v) is 3.37. The topological polar surface area (TPSA) is 60.4 Å². The predicted octanol–water partition coefficient (Wildman–Crippen LogP) is 2.07. The van der Waals surface area contributed by atoms with E-state index in [2.05, 4.69) is 4.74 Å². The van der Waals surface area contributed by atoms with Crippen molar-refractivity contribution < 1.29 is 19.1 Å². The molecule has 0 amide bonds. The van der Waals surface area contributed by atoms with Gasteiger partial charge in [0.2, 0.25) is 0 Å². The molecule has 18 heavy (non-hydrogen) atoms. The molecule has 100 valence electrons. The van der Waals surface area contributed by atoms with Gasteiger partial charge in [-0.15, -0.1) is 0 Å². The van der Waals surface area contributed by atoms with Gasteiger partial charge in [0.1, 0.15) is 17.5 Å². The Morgan fingerprint density at radius 3 is 2.67 bits per heavy atom. The highest BCUT2D eigenvalue weighted by Crippen LogP contribution is 2.24. The second-order valence-corrected chi connectivity index (χ2v) is 4.68. The van der Waals surface area contributed by atoms with Gasteiger partial charge in [0, 0.05) is 12.3 Å². The molecule has 0 bridgehead atoms. The van der Waals surface area contributed by atoms with Crippen LogP contribution < -0.4 is 0 Å². The van der Waals surface area contributed by atoms with Gasteiger partial charge in [0.05, 0.1) is 7.11 Å². The number of esters is 1. The third-order valence-electron chi connectivity index (χ3n) is 3.37. The number of ketones is 2. The average molecular weight is 252 g/mol. The number of hydrogen-bond acceptors (Lipinski definition) is 4. The van der Waals surface area contributed by atoms with E-state index in [9.17, 15) is 14.4 Å². The van der Waals surface area contributed by atoms with Crippen LogP contribution in [0.25, 0.3) is 0 Å². The zero-order valence-corrected chi connectivity index (χ0v) is 11.0. The molecule has 4 nitrogen and oxygen atoms in total. The summed E-state index contributed by atoms with van der Waals surface area (Å²) in [6, 6.07) is 0. The number of Topliss-reactive ketones (excluding diaryl/α,β-unsaturated/α-hetero) is 2. The van der Waals surface area contributed by atoms with Crippen molar-refractivity contribution in [1.82, 2.24) is 0 Å². The summed E-state index contributed by atoms with van der Waals surface area (Å²) in [5, 5.41) is 0. The second kappa shape index (κ2) is 7.09. The molecule has 2 unspecified atom stereocenters. The molecule has 0 heterocycles. The lowest BCUT2D eigenvalue weighted by Crippen LogP contribution is -2.22. The maximum Gasteiger partial charge on any atom is 0.316 e. The van der Waals surface area contributed by atoms with Gasteiger partial charge in [0.15, 0.2) is 0 Å². The van der Waals surface area contributed by atoms with Gasteiger partial charge in [-0.05, 0) is 32.6 Å². The van der Waals surface area contributed by atoms with Crippen molar-refractivity contribution in [1.29, 1.82) is 0 Å². The summed E-state index contributed by atoms with van der Waals surface area (Å²) < 4.78 is 4.57. The number of ether oxygens (including phenoxy) is 1. The van der Waals surface area contributed by atoms with E-state index in [4.69, 9.17) is 0 Å². The lowest BCUT2D eigenvalue weighted by molar-refractivity contribution is -0.148. The minimum Gasteiger partial charge on any atom is -0.468 e. The van der Waals surface area contributed by atoms with Gasteiger partial charge in [-0.3, -0.25) is 14.4 Å². The summed E-state index contributed by atoms with van der Waals surface area (Å²) >= 11 is 0. The van der Waals surface area contributed by atoms with Gasteiger partial charge >= 0.3 is 5.97 Å². The van der Waals surface area contributed by atoms with Gasteiger partial charge in [-0.2, -0.15) is 0 Å². The first kappa shape index (κ1) is 14.6. The van der Waals surface area contributed by atoms with Crippen LogP contribution in [-0.4, -0.2) is 24.6 Å². The van der Waals surface area contributed by atoms with Crippen LogP contribution in [0.5, 0.6) is 0 Å². The minimum absolute atomic E-state index is 0.134. The molecule has 4 heteroatoms. The van der Waals surface area contributed by atoms with Crippen LogP contribution in [0.4, 0.5) is 0 Å². The summed E-state index contributed by atoms with van der Waals surface area (Å²) in [4.78, 5) is 34.0. The van der Waals surface area contributed by atoms with Gasteiger partial charge in [-0.25, -0.2) is 0 Å². The molecular formula is C14H20O4. The number of carbonyl (C=O) groups excluding carboxylic acids is 3. The molecule has 0 aromatic rings. The fourth-order valence-corrected chi connectivity index (χ4v) is 2.20. The summed E-state index contributed by atoms with van der Waals surface area (Å²) in [6.45, 7) is 1.38. The SMILES string of the molecule is COC(=O)C(C/C=C/CC1CCCC1=O)C(C)=O. The van der Waals surface area contributed by atoms with Crippen molar-refractivity contribution in [3.8, 4) is 0 Å². The van der Waals surface area contributed by atoms with Crippen molar-refractivity contribution in [2.75, 3.05) is 7.11 Å². The highest BCUT2D eigenvalue weighted by Gasteiger charge is 2.24. The summed E-state index contributed by atoms with van der Waals surface area (Å²) in [6.07, 6.45) is 7.39. The zero-order valence-electron chi connectivity index (χ0n) is 11.0. The Labute approximate surface area is 107 Å². The molecule has 0 aromatic carbocycles. The fourth-order valence-electron chi connectivity index (χ4n) is 2.20. The van der Waals surface area contributed by atoms with E-state index in [1.54, 1.807) is 6.08 Å². The van der Waals surface area contributed by atoms with Crippen molar-refractivity contribution >= 4 is 17.5 Å². The number of carbonyl (C=O) groups is 3. The van der Waals surface area contributed by atoms with Gasteiger partial charge in [-0.1, -0.05) is 12.2 Å². The minimum atomic E-state index is -0.717. The molecule has 1 aliphatic rings. The van der Waals surface area contributed by atoms with E-state index >= 15 is 0 Å². The standard InChI is InChI=1S/C14H20O4/c1-10(15)12(14(17)18-2)8-4-3-6-11-7-5-9-13(11)16/h3-4,11-12H,5-9H2,1-2H3/b4-3+. The van der Waals surface area contributed by atoms with E-state index in [1.807, 2.05) is 6.08 Å². The molecule has 0 radical (unpaired) electrons. The van der Waals surface area contributed by atoms with Crippen LogP contribution in [0.3, 0.4) is 0 Å². The molecule has 1 saturated carbocycles. The Hall–Kier alpha value is -1.45. The Morgan fingerprint density at radius 1 is 1.44 bits per heavy atom. The van der Waals surface area contributed by atoms with E-state index in [-0.39, 0.29) is 11.7 Å². The first-order chi connectivity index (χ1) is 8.56. The lowest BCUT2D eigenvalue weighted by Gasteiger charge is -2.08. The van der Waals surface area contributed by atoms with Crippen LogP contribution in [0.1, 0.15) is 39.0 Å². The van der Waals surface area contributed by atoms with Gasteiger partial charge < -0.3 is 4.74 Å². The Morgan fingerprint density at radius 2 is 2.17 bits per heavy atom. The molecule has 0 aliphatic heterocycles. The highest BCUT2D eigenvalue weighted by molar-refractivity contribution is 5.97. The summed E-state index contributed by atoms with van der Waals surface area (Å²) in [5.74, 6) is -0.941. The normalized spacial score (nSPS) is 21.2. The number of methoxy groups -OCH3 is 1. The zero-order chi connectivity index (χ0) is 13.5. The van der Waals surface area contributed by atoms with Crippen LogP contribution in [0, 0.1) is 11.8 Å².